The molecule has 9 nitrogen and oxygen atoms in total. The van der Waals surface area contributed by atoms with Crippen LogP contribution in [-0.4, -0.2) is 74.7 Å². The lowest BCUT2D eigenvalue weighted by atomic mass is 9.74. The van der Waals surface area contributed by atoms with Crippen molar-refractivity contribution < 1.29 is 36.9 Å². The number of aliphatic carboxylic acids is 1. The number of β-lactam (4-membered cyclic amide) rings is 1. The topological polar surface area (TPSA) is 144 Å². The van der Waals surface area contributed by atoms with Gasteiger partial charge in [-0.1, -0.05) is 11.8 Å². The summed E-state index contributed by atoms with van der Waals surface area (Å²) in [5, 5.41) is 8.22. The van der Waals surface area contributed by atoms with Crippen LogP contribution in [-0.2, 0) is 24.4 Å². The zero-order chi connectivity index (χ0) is 19.1. The molecule has 3 aliphatic rings. The van der Waals surface area contributed by atoms with Crippen molar-refractivity contribution in [1.82, 2.24) is 0 Å². The van der Waals surface area contributed by atoms with Gasteiger partial charge >= 0.3 is 17.6 Å². The third-order valence-corrected chi connectivity index (χ3v) is 9.11. The number of hydrogen-bond donors (Lipinski definition) is 3. The lowest BCUT2D eigenvalue weighted by molar-refractivity contribution is -0.958. The van der Waals surface area contributed by atoms with E-state index in [1.807, 2.05) is 0 Å². The third-order valence-electron chi connectivity index (χ3n) is 5.99. The van der Waals surface area contributed by atoms with E-state index >= 15 is 0 Å². The molecule has 25 heavy (non-hydrogen) atoms. The molecule has 0 radical (unpaired) electrons. The Kier molecular flexibility index (Phi) is 3.94. The maximum atomic E-state index is 13.2. The number of carboxylic acid groups (broad SMARTS) is 1. The second-order valence-electron chi connectivity index (χ2n) is 7.56. The molecule has 3 saturated heterocycles. The first-order valence-corrected chi connectivity index (χ1v) is 10.3. The molecular formula is C14H23N2O7S2+. The summed E-state index contributed by atoms with van der Waals surface area (Å²) in [7, 11) is -3.07. The van der Waals surface area contributed by atoms with Crippen LogP contribution in [0.2, 0.25) is 0 Å². The fourth-order valence-corrected chi connectivity index (χ4v) is 7.98. The van der Waals surface area contributed by atoms with Gasteiger partial charge in [0.1, 0.15) is 4.75 Å². The summed E-state index contributed by atoms with van der Waals surface area (Å²) in [5.41, 5.74) is 3.00. The standard InChI is InChI=1S/C14H22N2O7S2/c1-12(2)14(23-3,11(18)19)16-6-4-5-8(25(20,21)22)7-13(15,9(16)17)10(16)24-12/h8,10H,4-7,15H2,1-3H3,(H-,18,19,20,21,22)/p+1/t8?,10-,13?,14-,16?/m1/s1. The van der Waals surface area contributed by atoms with Gasteiger partial charge in [-0.15, -0.1) is 0 Å². The molecule has 4 N–H and O–H groups in total. The molecule has 5 atom stereocenters. The number of quaternary nitrogens is 1. The molecule has 0 aromatic heterocycles. The zero-order valence-electron chi connectivity index (χ0n) is 14.3. The van der Waals surface area contributed by atoms with Crippen molar-refractivity contribution in [2.24, 2.45) is 5.73 Å². The van der Waals surface area contributed by atoms with Crippen LogP contribution in [0.15, 0.2) is 0 Å². The highest BCUT2D eigenvalue weighted by atomic mass is 32.2. The Morgan fingerprint density at radius 1 is 1.44 bits per heavy atom. The number of carbonyl (C=O) groups is 2. The van der Waals surface area contributed by atoms with Crippen LogP contribution < -0.4 is 5.73 Å². The Morgan fingerprint density at radius 3 is 2.52 bits per heavy atom. The van der Waals surface area contributed by atoms with Gasteiger partial charge in [0.15, 0.2) is 10.9 Å². The molecule has 3 heterocycles. The number of nitrogens with two attached hydrogens (primary N) is 1. The minimum absolute atomic E-state index is 0.102. The Morgan fingerprint density at radius 2 is 2.04 bits per heavy atom. The van der Waals surface area contributed by atoms with Crippen LogP contribution in [0.4, 0.5) is 0 Å². The quantitative estimate of drug-likeness (QED) is 0.335. The highest BCUT2D eigenvalue weighted by Gasteiger charge is 2.90. The molecule has 0 aromatic carbocycles. The molecule has 2 bridgehead atoms. The van der Waals surface area contributed by atoms with E-state index in [4.69, 9.17) is 10.5 Å². The number of methoxy groups -OCH3 is 1. The molecule has 3 unspecified atom stereocenters. The summed E-state index contributed by atoms with van der Waals surface area (Å²) >= 11 is 1.24. The molecule has 11 heteroatoms. The first kappa shape index (κ1) is 19.1. The molecule has 3 aliphatic heterocycles. The number of thioether (sulfide) groups is 1. The van der Waals surface area contributed by atoms with Crippen molar-refractivity contribution in [1.29, 1.82) is 0 Å². The molecule has 142 valence electrons. The lowest BCUT2D eigenvalue weighted by Gasteiger charge is -2.60. The minimum atomic E-state index is -4.34. The van der Waals surface area contributed by atoms with Crippen molar-refractivity contribution in [2.75, 3.05) is 13.7 Å². The average molecular weight is 395 g/mol. The van der Waals surface area contributed by atoms with Gasteiger partial charge < -0.3 is 15.6 Å². The molecule has 0 saturated carbocycles. The van der Waals surface area contributed by atoms with E-state index in [1.165, 1.54) is 18.9 Å². The highest BCUT2D eigenvalue weighted by Crippen LogP contribution is 2.66. The van der Waals surface area contributed by atoms with Crippen LogP contribution in [0.5, 0.6) is 0 Å². The summed E-state index contributed by atoms with van der Waals surface area (Å²) in [4.78, 5) is 25.4. The number of carboxylic acids is 1. The summed E-state index contributed by atoms with van der Waals surface area (Å²) < 4.78 is 36.8. The van der Waals surface area contributed by atoms with E-state index in [-0.39, 0.29) is 25.8 Å². The van der Waals surface area contributed by atoms with E-state index in [1.54, 1.807) is 13.8 Å². The van der Waals surface area contributed by atoms with Crippen molar-refractivity contribution in [3.05, 3.63) is 0 Å². The van der Waals surface area contributed by atoms with E-state index in [2.05, 4.69) is 0 Å². The van der Waals surface area contributed by atoms with Crippen molar-refractivity contribution in [3.63, 3.8) is 0 Å². The maximum absolute atomic E-state index is 13.2. The minimum Gasteiger partial charge on any atom is -0.475 e. The summed E-state index contributed by atoms with van der Waals surface area (Å²) in [6, 6.07) is 0. The average Bonchev–Trinajstić information content (AvgIpc) is 2.66. The van der Waals surface area contributed by atoms with Gasteiger partial charge in [-0.2, -0.15) is 8.42 Å². The van der Waals surface area contributed by atoms with Crippen LogP contribution >= 0.6 is 11.8 Å². The number of ether oxygens (including phenoxy) is 1. The predicted molar refractivity (Wildman–Crippen MR) is 89.1 cm³/mol. The van der Waals surface area contributed by atoms with Gasteiger partial charge in [-0.05, 0) is 26.7 Å². The molecule has 0 aliphatic carbocycles. The van der Waals surface area contributed by atoms with Crippen LogP contribution in [0.1, 0.15) is 33.1 Å². The monoisotopic (exact) mass is 395 g/mol. The second-order valence-corrected chi connectivity index (χ2v) is 11.0. The Balaban J connectivity index is 2.17. The van der Waals surface area contributed by atoms with Crippen LogP contribution in [0.3, 0.4) is 0 Å². The summed E-state index contributed by atoms with van der Waals surface area (Å²) in [6.45, 7) is 3.49. The Hall–Kier alpha value is -0.720. The second kappa shape index (κ2) is 5.17. The first-order chi connectivity index (χ1) is 11.3. The van der Waals surface area contributed by atoms with E-state index < -0.39 is 53.1 Å². The summed E-state index contributed by atoms with van der Waals surface area (Å²) in [5.74, 6) is -1.77. The van der Waals surface area contributed by atoms with E-state index in [9.17, 15) is 27.7 Å². The molecule has 1 amide bonds. The summed E-state index contributed by atoms with van der Waals surface area (Å²) in [6.07, 6.45) is 0.151. The van der Waals surface area contributed by atoms with Crippen LogP contribution in [0, 0.1) is 0 Å². The molecule has 3 rings (SSSR count). The van der Waals surface area contributed by atoms with Crippen LogP contribution in [0.25, 0.3) is 0 Å². The van der Waals surface area contributed by atoms with Crippen molar-refractivity contribution in [2.45, 2.75) is 59.7 Å². The van der Waals surface area contributed by atoms with Gasteiger partial charge in [0.2, 0.25) is 0 Å². The Bertz CT molecular complexity index is 754. The number of amides is 1. The Labute approximate surface area is 150 Å². The van der Waals surface area contributed by atoms with Gasteiger partial charge in [0, 0.05) is 13.5 Å². The maximum Gasteiger partial charge on any atom is 0.397 e. The van der Waals surface area contributed by atoms with E-state index in [0.717, 1.165) is 0 Å². The number of hydrogen-bond acceptors (Lipinski definition) is 7. The predicted octanol–water partition coefficient (Wildman–Crippen LogP) is -0.240. The van der Waals surface area contributed by atoms with Crippen molar-refractivity contribution >= 4 is 33.8 Å². The van der Waals surface area contributed by atoms with Gasteiger partial charge in [0.25, 0.3) is 10.1 Å². The number of rotatable bonds is 3. The third kappa shape index (κ3) is 1.96. The molecule has 0 aromatic rings. The first-order valence-electron chi connectivity index (χ1n) is 7.95. The smallest absolute Gasteiger partial charge is 0.397 e. The SMILES string of the molecule is CO[C@]1(C(=O)O)C(C)(C)S[C@@H]2C3(N)CC(S(=O)(=O)O)CCC[N+]21C3=O. The molecule has 0 spiro atoms. The largest absolute Gasteiger partial charge is 0.475 e. The zero-order valence-corrected chi connectivity index (χ0v) is 15.9. The van der Waals surface area contributed by atoms with Gasteiger partial charge in [-0.3, -0.25) is 4.55 Å². The van der Waals surface area contributed by atoms with E-state index in [0.29, 0.717) is 0 Å². The fraction of sp³-hybridized carbons (Fsp3) is 0.857. The van der Waals surface area contributed by atoms with Gasteiger partial charge in [0.05, 0.1) is 11.8 Å². The normalized spacial score (nSPS) is 45.9. The number of nitrogens with zero attached hydrogens (tertiary/aromatic N) is 1. The highest BCUT2D eigenvalue weighted by molar-refractivity contribution is 8.01. The number of carbonyl (C=O) groups excluding carboxylic acids is 1. The lowest BCUT2D eigenvalue weighted by Crippen LogP contribution is -2.92. The molecule has 3 fully saturated rings. The van der Waals surface area contributed by atoms with Crippen molar-refractivity contribution in [3.8, 4) is 0 Å². The van der Waals surface area contributed by atoms with Gasteiger partial charge in [-0.25, -0.2) is 14.1 Å². The molecular weight excluding hydrogens is 372 g/mol. The fourth-order valence-electron chi connectivity index (χ4n) is 5.04.